The number of ether oxygens (including phenoxy) is 2. The molecule has 31 heavy (non-hydrogen) atoms. The zero-order valence-electron chi connectivity index (χ0n) is 16.9. The summed E-state index contributed by atoms with van der Waals surface area (Å²) in [5.74, 6) is -2.53. The van der Waals surface area contributed by atoms with Gasteiger partial charge in [-0.15, -0.1) is 0 Å². The number of carboxylic acid groups (broad SMARTS) is 1. The summed E-state index contributed by atoms with van der Waals surface area (Å²) in [6.45, 7) is 1.82. The number of nitrogens with two attached hydrogens (primary N) is 1. The topological polar surface area (TPSA) is 119 Å². The Bertz CT molecular complexity index is 772. The van der Waals surface area contributed by atoms with Crippen molar-refractivity contribution in [2.75, 3.05) is 0 Å². The van der Waals surface area contributed by atoms with Crippen LogP contribution in [0.1, 0.15) is 38.2 Å². The minimum atomic E-state index is -5.08. The number of carbonyl (C=O) groups excluding carboxylic acids is 2. The molecular weight excluding hydrogens is 421 g/mol. The monoisotopic (exact) mass is 446 g/mol. The van der Waals surface area contributed by atoms with E-state index in [4.69, 9.17) is 25.1 Å². The SMILES string of the molecule is C[C@H](N)C(=O)N1[C@@H](OC(=O)OCc2ccccc2)C[C@@H]2CCC[C@@H]21.O=C(O)C(F)(F)F. The Morgan fingerprint density at radius 2 is 1.84 bits per heavy atom. The lowest BCUT2D eigenvalue weighted by molar-refractivity contribution is -0.192. The molecule has 1 amide bonds. The third-order valence-electron chi connectivity index (χ3n) is 5.11. The number of carboxylic acids is 1. The number of carbonyl (C=O) groups is 3. The first-order chi connectivity index (χ1) is 14.5. The minimum absolute atomic E-state index is 0.135. The smallest absolute Gasteiger partial charge is 0.475 e. The molecule has 1 saturated carbocycles. The van der Waals surface area contributed by atoms with E-state index in [2.05, 4.69) is 0 Å². The maximum Gasteiger partial charge on any atom is 0.510 e. The molecule has 1 aromatic rings. The Morgan fingerprint density at radius 3 is 2.39 bits per heavy atom. The first-order valence-corrected chi connectivity index (χ1v) is 9.76. The van der Waals surface area contributed by atoms with Crippen molar-refractivity contribution in [3.8, 4) is 0 Å². The molecule has 1 aliphatic carbocycles. The van der Waals surface area contributed by atoms with Gasteiger partial charge in [0.25, 0.3) is 0 Å². The molecule has 0 spiro atoms. The van der Waals surface area contributed by atoms with E-state index in [0.717, 1.165) is 24.8 Å². The first-order valence-electron chi connectivity index (χ1n) is 9.76. The lowest BCUT2D eigenvalue weighted by atomic mass is 10.0. The summed E-state index contributed by atoms with van der Waals surface area (Å²) in [6, 6.07) is 8.94. The van der Waals surface area contributed by atoms with E-state index >= 15 is 0 Å². The Hall–Kier alpha value is -2.82. The van der Waals surface area contributed by atoms with Gasteiger partial charge in [-0.1, -0.05) is 36.8 Å². The summed E-state index contributed by atoms with van der Waals surface area (Å²) >= 11 is 0. The van der Waals surface area contributed by atoms with Crippen LogP contribution < -0.4 is 5.73 Å². The third kappa shape index (κ3) is 6.84. The average molecular weight is 446 g/mol. The first kappa shape index (κ1) is 24.4. The Kier molecular flexibility index (Phi) is 8.26. The van der Waals surface area contributed by atoms with Gasteiger partial charge in [-0.2, -0.15) is 13.2 Å². The molecule has 0 radical (unpaired) electrons. The van der Waals surface area contributed by atoms with Crippen LogP contribution in [0, 0.1) is 5.92 Å². The Balaban J connectivity index is 0.000000423. The van der Waals surface area contributed by atoms with Crippen LogP contribution in [0.4, 0.5) is 18.0 Å². The van der Waals surface area contributed by atoms with Crippen molar-refractivity contribution in [2.24, 2.45) is 11.7 Å². The molecule has 1 saturated heterocycles. The fraction of sp³-hybridized carbons (Fsp3) is 0.550. The van der Waals surface area contributed by atoms with Crippen LogP contribution in [0.3, 0.4) is 0 Å². The number of fused-ring (bicyclic) bond motifs is 1. The second-order valence-electron chi connectivity index (χ2n) is 7.43. The van der Waals surface area contributed by atoms with Crippen molar-refractivity contribution in [3.05, 3.63) is 35.9 Å². The van der Waals surface area contributed by atoms with E-state index in [0.29, 0.717) is 12.3 Å². The van der Waals surface area contributed by atoms with Gasteiger partial charge in [0, 0.05) is 12.5 Å². The summed E-state index contributed by atoms with van der Waals surface area (Å²) in [5.41, 5.74) is 6.65. The van der Waals surface area contributed by atoms with Crippen molar-refractivity contribution in [2.45, 2.75) is 63.7 Å². The van der Waals surface area contributed by atoms with Crippen LogP contribution in [0.15, 0.2) is 30.3 Å². The highest BCUT2D eigenvalue weighted by Gasteiger charge is 2.48. The number of halogens is 3. The zero-order valence-corrected chi connectivity index (χ0v) is 16.9. The molecular formula is C20H25F3N2O6. The highest BCUT2D eigenvalue weighted by atomic mass is 19.4. The maximum atomic E-state index is 12.4. The number of hydrogen-bond donors (Lipinski definition) is 2. The molecule has 3 N–H and O–H groups in total. The van der Waals surface area contributed by atoms with Crippen LogP contribution in [-0.2, 0) is 25.7 Å². The van der Waals surface area contributed by atoms with Crippen molar-refractivity contribution in [1.82, 2.24) is 4.90 Å². The van der Waals surface area contributed by atoms with Crippen LogP contribution >= 0.6 is 0 Å². The van der Waals surface area contributed by atoms with Gasteiger partial charge in [0.05, 0.1) is 6.04 Å². The predicted molar refractivity (Wildman–Crippen MR) is 101 cm³/mol. The Morgan fingerprint density at radius 1 is 1.23 bits per heavy atom. The van der Waals surface area contributed by atoms with Crippen LogP contribution in [0.25, 0.3) is 0 Å². The van der Waals surface area contributed by atoms with E-state index in [1.807, 2.05) is 30.3 Å². The molecule has 2 fully saturated rings. The maximum absolute atomic E-state index is 12.4. The van der Waals surface area contributed by atoms with Gasteiger partial charge in [-0.25, -0.2) is 9.59 Å². The van der Waals surface area contributed by atoms with Gasteiger partial charge in [0.1, 0.15) is 6.61 Å². The molecule has 1 heterocycles. The van der Waals surface area contributed by atoms with Gasteiger partial charge in [-0.3, -0.25) is 4.79 Å². The number of likely N-dealkylation sites (tertiary alicyclic amines) is 1. The van der Waals surface area contributed by atoms with Crippen molar-refractivity contribution in [1.29, 1.82) is 0 Å². The number of aliphatic carboxylic acids is 1. The summed E-state index contributed by atoms with van der Waals surface area (Å²) < 4.78 is 42.3. The predicted octanol–water partition coefficient (Wildman–Crippen LogP) is 3.05. The van der Waals surface area contributed by atoms with E-state index < -0.39 is 30.6 Å². The molecule has 4 atom stereocenters. The van der Waals surface area contributed by atoms with Crippen molar-refractivity contribution >= 4 is 18.0 Å². The minimum Gasteiger partial charge on any atom is -0.475 e. The highest BCUT2D eigenvalue weighted by molar-refractivity contribution is 5.82. The van der Waals surface area contributed by atoms with E-state index in [9.17, 15) is 22.8 Å². The normalized spacial score (nSPS) is 23.3. The average Bonchev–Trinajstić information content (AvgIpc) is 3.27. The van der Waals surface area contributed by atoms with Gasteiger partial charge in [0.2, 0.25) is 5.91 Å². The quantitative estimate of drug-likeness (QED) is 0.682. The molecule has 3 rings (SSSR count). The third-order valence-corrected chi connectivity index (χ3v) is 5.11. The molecule has 1 aliphatic heterocycles. The number of rotatable bonds is 4. The van der Waals surface area contributed by atoms with Gasteiger partial charge >= 0.3 is 18.3 Å². The largest absolute Gasteiger partial charge is 0.510 e. The molecule has 0 aromatic heterocycles. The van der Waals surface area contributed by atoms with E-state index in [-0.39, 0.29) is 18.6 Å². The summed E-state index contributed by atoms with van der Waals surface area (Å²) in [4.78, 5) is 35.0. The lowest BCUT2D eigenvalue weighted by Crippen LogP contribution is -2.49. The van der Waals surface area contributed by atoms with Crippen LogP contribution in [-0.4, -0.2) is 52.5 Å². The van der Waals surface area contributed by atoms with Gasteiger partial charge in [0.15, 0.2) is 6.23 Å². The summed E-state index contributed by atoms with van der Waals surface area (Å²) in [7, 11) is 0. The molecule has 1 aromatic carbocycles. The van der Waals surface area contributed by atoms with Crippen LogP contribution in [0.5, 0.6) is 0 Å². The fourth-order valence-electron chi connectivity index (χ4n) is 3.75. The number of nitrogens with zero attached hydrogens (tertiary/aromatic N) is 1. The molecule has 11 heteroatoms. The molecule has 8 nitrogen and oxygen atoms in total. The highest BCUT2D eigenvalue weighted by Crippen LogP contribution is 2.41. The molecule has 172 valence electrons. The fourth-order valence-corrected chi connectivity index (χ4v) is 3.75. The molecule has 2 aliphatic rings. The number of alkyl halides is 3. The zero-order chi connectivity index (χ0) is 23.2. The van der Waals surface area contributed by atoms with E-state index in [1.165, 1.54) is 0 Å². The molecule has 0 bridgehead atoms. The second kappa shape index (κ2) is 10.5. The number of benzene rings is 1. The molecule has 0 unspecified atom stereocenters. The Labute approximate surface area is 177 Å². The van der Waals surface area contributed by atoms with Crippen LogP contribution in [0.2, 0.25) is 0 Å². The second-order valence-corrected chi connectivity index (χ2v) is 7.43. The number of amides is 1. The standard InChI is InChI=1S/C18H24N2O4.C2HF3O2/c1-12(19)17(21)20-15-9-5-8-14(15)10-16(20)24-18(22)23-11-13-6-3-2-4-7-13;3-2(4,5)1(6)7/h2-4,6-7,12,14-16H,5,8-11,19H2,1H3;(H,6,7)/t12-,14-,15-,16-;/m0./s1. The lowest BCUT2D eigenvalue weighted by Gasteiger charge is -2.30. The van der Waals surface area contributed by atoms with E-state index in [1.54, 1.807) is 11.8 Å². The van der Waals surface area contributed by atoms with Crippen molar-refractivity contribution < 1.29 is 42.1 Å². The summed E-state index contributed by atoms with van der Waals surface area (Å²) in [5, 5.41) is 7.12. The van der Waals surface area contributed by atoms with Gasteiger partial charge in [-0.05, 0) is 31.2 Å². The van der Waals surface area contributed by atoms with Crippen molar-refractivity contribution in [3.63, 3.8) is 0 Å². The van der Waals surface area contributed by atoms with Gasteiger partial charge < -0.3 is 25.2 Å². The number of hydrogen-bond acceptors (Lipinski definition) is 6. The summed E-state index contributed by atoms with van der Waals surface area (Å²) in [6.07, 6.45) is -2.62.